The van der Waals surface area contributed by atoms with Gasteiger partial charge in [-0.2, -0.15) is 0 Å². The Morgan fingerprint density at radius 1 is 1.37 bits per heavy atom. The number of hydrogen-bond acceptors (Lipinski definition) is 2. The van der Waals surface area contributed by atoms with Crippen LogP contribution in [-0.2, 0) is 4.79 Å². The van der Waals surface area contributed by atoms with Gasteiger partial charge in [-0.15, -0.1) is 0 Å². The molecule has 0 unspecified atom stereocenters. The molecule has 0 aliphatic rings. The lowest BCUT2D eigenvalue weighted by atomic mass is 10.2. The minimum Gasteiger partial charge on any atom is -0.481 e. The molecular weight excluding hydrogens is 244 g/mol. The number of rotatable bonds is 5. The smallest absolute Gasteiger partial charge is 0.303 e. The first-order chi connectivity index (χ1) is 9.06. The predicted molar refractivity (Wildman–Crippen MR) is 72.1 cm³/mol. The fourth-order valence-corrected chi connectivity index (χ4v) is 1.91. The third-order valence-electron chi connectivity index (χ3n) is 2.94. The van der Waals surface area contributed by atoms with E-state index in [9.17, 15) is 9.59 Å². The van der Waals surface area contributed by atoms with Gasteiger partial charge in [-0.25, -0.2) is 0 Å². The van der Waals surface area contributed by atoms with Gasteiger partial charge in [0.25, 0.3) is 5.91 Å². The van der Waals surface area contributed by atoms with E-state index in [0.29, 0.717) is 12.1 Å². The van der Waals surface area contributed by atoms with Crippen LogP contribution >= 0.6 is 0 Å². The van der Waals surface area contributed by atoms with Crippen molar-refractivity contribution in [1.82, 2.24) is 10.3 Å². The summed E-state index contributed by atoms with van der Waals surface area (Å²) in [6.07, 6.45) is 0.468. The molecule has 0 saturated carbocycles. The number of carboxylic acid groups (broad SMARTS) is 1. The van der Waals surface area contributed by atoms with Crippen LogP contribution in [0.5, 0.6) is 0 Å². The van der Waals surface area contributed by atoms with Gasteiger partial charge < -0.3 is 15.4 Å². The van der Waals surface area contributed by atoms with Crippen LogP contribution in [0.4, 0.5) is 0 Å². The van der Waals surface area contributed by atoms with Crippen molar-refractivity contribution in [3.8, 4) is 0 Å². The molecule has 5 heteroatoms. The second kappa shape index (κ2) is 5.56. The highest BCUT2D eigenvalue weighted by molar-refractivity contribution is 5.98. The second-order valence-corrected chi connectivity index (χ2v) is 4.58. The summed E-state index contributed by atoms with van der Waals surface area (Å²) in [6, 6.07) is 9.25. The molecular formula is C14H16N2O3. The molecule has 1 heterocycles. The number of benzene rings is 1. The van der Waals surface area contributed by atoms with Gasteiger partial charge in [-0.05, 0) is 25.5 Å². The summed E-state index contributed by atoms with van der Waals surface area (Å²) in [6.45, 7) is 1.80. The third-order valence-corrected chi connectivity index (χ3v) is 2.94. The summed E-state index contributed by atoms with van der Waals surface area (Å²) in [5, 5.41) is 12.3. The third kappa shape index (κ3) is 3.34. The molecule has 0 aliphatic carbocycles. The Hall–Kier alpha value is -2.30. The minimum atomic E-state index is -0.855. The molecule has 2 rings (SSSR count). The average molecular weight is 260 g/mol. The average Bonchev–Trinajstić information content (AvgIpc) is 2.80. The van der Waals surface area contributed by atoms with Crippen molar-refractivity contribution in [1.29, 1.82) is 0 Å². The van der Waals surface area contributed by atoms with Crippen molar-refractivity contribution in [2.75, 3.05) is 0 Å². The van der Waals surface area contributed by atoms with E-state index in [2.05, 4.69) is 10.3 Å². The molecule has 2 aromatic rings. The highest BCUT2D eigenvalue weighted by Gasteiger charge is 2.13. The molecule has 3 N–H and O–H groups in total. The maximum absolute atomic E-state index is 12.0. The van der Waals surface area contributed by atoms with Crippen molar-refractivity contribution in [2.45, 2.75) is 25.8 Å². The van der Waals surface area contributed by atoms with E-state index in [1.807, 2.05) is 24.3 Å². The summed E-state index contributed by atoms with van der Waals surface area (Å²) in [5.41, 5.74) is 1.40. The number of carbonyl (C=O) groups excluding carboxylic acids is 1. The first kappa shape index (κ1) is 13.1. The summed E-state index contributed by atoms with van der Waals surface area (Å²) in [7, 11) is 0. The van der Waals surface area contributed by atoms with Crippen LogP contribution in [0.25, 0.3) is 10.9 Å². The zero-order valence-corrected chi connectivity index (χ0v) is 10.6. The SMILES string of the molecule is C[C@H](CCC(=O)O)NC(=O)c1cc2ccccc2[nH]1. The Balaban J connectivity index is 2.01. The van der Waals surface area contributed by atoms with Crippen molar-refractivity contribution in [3.63, 3.8) is 0 Å². The molecule has 1 atom stereocenters. The maximum Gasteiger partial charge on any atom is 0.303 e. The largest absolute Gasteiger partial charge is 0.481 e. The normalized spacial score (nSPS) is 12.3. The van der Waals surface area contributed by atoms with Crippen molar-refractivity contribution >= 4 is 22.8 Å². The quantitative estimate of drug-likeness (QED) is 0.770. The number of carboxylic acids is 1. The Morgan fingerprint density at radius 2 is 2.11 bits per heavy atom. The summed E-state index contributed by atoms with van der Waals surface area (Å²) in [5.74, 6) is -1.07. The highest BCUT2D eigenvalue weighted by Crippen LogP contribution is 2.14. The first-order valence-electron chi connectivity index (χ1n) is 6.16. The molecule has 0 aliphatic heterocycles. The molecule has 0 saturated heterocycles. The molecule has 0 radical (unpaired) electrons. The van der Waals surface area contributed by atoms with E-state index in [0.717, 1.165) is 10.9 Å². The van der Waals surface area contributed by atoms with E-state index in [4.69, 9.17) is 5.11 Å². The summed E-state index contributed by atoms with van der Waals surface area (Å²) in [4.78, 5) is 25.5. The number of H-pyrrole nitrogens is 1. The molecule has 19 heavy (non-hydrogen) atoms. The van der Waals surface area contributed by atoms with E-state index >= 15 is 0 Å². The minimum absolute atomic E-state index is 0.0498. The fraction of sp³-hybridized carbons (Fsp3) is 0.286. The standard InChI is InChI=1S/C14H16N2O3/c1-9(6-7-13(17)18)15-14(19)12-8-10-4-2-3-5-11(10)16-12/h2-5,8-9,16H,6-7H2,1H3,(H,15,19)(H,17,18)/t9-/m1/s1. The Kier molecular flexibility index (Phi) is 3.85. The number of aliphatic carboxylic acids is 1. The molecule has 1 aromatic heterocycles. The van der Waals surface area contributed by atoms with Crippen LogP contribution in [0.15, 0.2) is 30.3 Å². The number of aromatic nitrogens is 1. The van der Waals surface area contributed by atoms with Crippen LogP contribution < -0.4 is 5.32 Å². The molecule has 100 valence electrons. The lowest BCUT2D eigenvalue weighted by Crippen LogP contribution is -2.33. The number of carbonyl (C=O) groups is 2. The second-order valence-electron chi connectivity index (χ2n) is 4.58. The van der Waals surface area contributed by atoms with Gasteiger partial charge in [0.2, 0.25) is 0 Å². The van der Waals surface area contributed by atoms with Crippen molar-refractivity contribution in [3.05, 3.63) is 36.0 Å². The van der Waals surface area contributed by atoms with Crippen LogP contribution in [0.2, 0.25) is 0 Å². The summed E-state index contributed by atoms with van der Waals surface area (Å²) < 4.78 is 0. The maximum atomic E-state index is 12.0. The van der Waals surface area contributed by atoms with E-state index < -0.39 is 5.97 Å². The molecule has 5 nitrogen and oxygen atoms in total. The molecule has 1 aromatic carbocycles. The Bertz CT molecular complexity index is 571. The molecule has 0 bridgehead atoms. The molecule has 0 fully saturated rings. The lowest BCUT2D eigenvalue weighted by molar-refractivity contribution is -0.137. The Morgan fingerprint density at radius 3 is 2.79 bits per heavy atom. The number of amides is 1. The zero-order chi connectivity index (χ0) is 13.8. The van der Waals surface area contributed by atoms with Gasteiger partial charge in [-0.3, -0.25) is 9.59 Å². The summed E-state index contributed by atoms with van der Waals surface area (Å²) >= 11 is 0. The molecule has 0 spiro atoms. The van der Waals surface area contributed by atoms with Gasteiger partial charge in [0.1, 0.15) is 5.69 Å². The molecule has 1 amide bonds. The zero-order valence-electron chi connectivity index (χ0n) is 10.6. The Labute approximate surface area is 110 Å². The highest BCUT2D eigenvalue weighted by atomic mass is 16.4. The predicted octanol–water partition coefficient (Wildman–Crippen LogP) is 2.15. The first-order valence-corrected chi connectivity index (χ1v) is 6.16. The monoisotopic (exact) mass is 260 g/mol. The van der Waals surface area contributed by atoms with Crippen LogP contribution in [0.3, 0.4) is 0 Å². The van der Waals surface area contributed by atoms with Crippen molar-refractivity contribution in [2.24, 2.45) is 0 Å². The van der Waals surface area contributed by atoms with Gasteiger partial charge >= 0.3 is 5.97 Å². The van der Waals surface area contributed by atoms with Crippen LogP contribution in [0.1, 0.15) is 30.3 Å². The lowest BCUT2D eigenvalue weighted by Gasteiger charge is -2.11. The number of nitrogens with one attached hydrogen (secondary N) is 2. The fourth-order valence-electron chi connectivity index (χ4n) is 1.91. The number of aromatic amines is 1. The number of para-hydroxylation sites is 1. The van der Waals surface area contributed by atoms with E-state index in [-0.39, 0.29) is 18.4 Å². The van der Waals surface area contributed by atoms with Gasteiger partial charge in [-0.1, -0.05) is 18.2 Å². The topological polar surface area (TPSA) is 82.2 Å². The van der Waals surface area contributed by atoms with Gasteiger partial charge in [0.15, 0.2) is 0 Å². The van der Waals surface area contributed by atoms with Gasteiger partial charge in [0.05, 0.1) is 0 Å². The van der Waals surface area contributed by atoms with Crippen LogP contribution in [0, 0.1) is 0 Å². The van der Waals surface area contributed by atoms with Gasteiger partial charge in [0, 0.05) is 23.4 Å². The van der Waals surface area contributed by atoms with Crippen molar-refractivity contribution < 1.29 is 14.7 Å². The van der Waals surface area contributed by atoms with Crippen LogP contribution in [-0.4, -0.2) is 28.0 Å². The number of hydrogen-bond donors (Lipinski definition) is 3. The van der Waals surface area contributed by atoms with E-state index in [1.165, 1.54) is 0 Å². The number of fused-ring (bicyclic) bond motifs is 1. The van der Waals surface area contributed by atoms with E-state index in [1.54, 1.807) is 13.0 Å².